The van der Waals surface area contributed by atoms with E-state index in [9.17, 15) is 4.79 Å². The Morgan fingerprint density at radius 2 is 2.17 bits per heavy atom. The van der Waals surface area contributed by atoms with Crippen molar-refractivity contribution >= 4 is 5.97 Å². The van der Waals surface area contributed by atoms with Crippen LogP contribution in [0, 0.1) is 5.92 Å². The molecule has 0 bridgehead atoms. The Bertz CT molecular complexity index is 406. The van der Waals surface area contributed by atoms with E-state index < -0.39 is 0 Å². The van der Waals surface area contributed by atoms with Crippen LogP contribution in [0.2, 0.25) is 0 Å². The van der Waals surface area contributed by atoms with Crippen molar-refractivity contribution in [2.75, 3.05) is 13.1 Å². The lowest BCUT2D eigenvalue weighted by molar-refractivity contribution is -0.149. The highest BCUT2D eigenvalue weighted by Gasteiger charge is 2.39. The predicted octanol–water partition coefficient (Wildman–Crippen LogP) is 2.21. The summed E-state index contributed by atoms with van der Waals surface area (Å²) in [7, 11) is 0. The second-order valence-electron chi connectivity index (χ2n) is 5.32. The molecule has 0 aromatic heterocycles. The summed E-state index contributed by atoms with van der Waals surface area (Å²) < 4.78 is 5.41. The van der Waals surface area contributed by atoms with Crippen molar-refractivity contribution in [3.05, 3.63) is 35.9 Å². The maximum atomic E-state index is 12.0. The molecule has 2 saturated heterocycles. The second kappa shape index (κ2) is 5.11. The molecule has 2 heterocycles. The minimum Gasteiger partial charge on any atom is -0.461 e. The molecule has 2 atom stereocenters. The van der Waals surface area contributed by atoms with E-state index in [4.69, 9.17) is 4.74 Å². The molecule has 3 nitrogen and oxygen atoms in total. The highest BCUT2D eigenvalue weighted by atomic mass is 16.5. The molecule has 0 radical (unpaired) electrons. The third-order valence-electron chi connectivity index (χ3n) is 4.07. The zero-order valence-corrected chi connectivity index (χ0v) is 10.5. The molecular formula is C15H19NO2. The summed E-state index contributed by atoms with van der Waals surface area (Å²) >= 11 is 0. The molecule has 1 unspecified atom stereocenters. The minimum atomic E-state index is -0.0201. The SMILES string of the molecule is O=C(OCc1ccccc1)C1C[C@@H]2CCCN2C1. The topological polar surface area (TPSA) is 29.5 Å². The first-order valence-corrected chi connectivity index (χ1v) is 6.77. The molecule has 96 valence electrons. The summed E-state index contributed by atoms with van der Waals surface area (Å²) in [4.78, 5) is 14.4. The molecule has 0 N–H and O–H groups in total. The van der Waals surface area contributed by atoms with Gasteiger partial charge in [-0.1, -0.05) is 30.3 Å². The Morgan fingerprint density at radius 3 is 2.94 bits per heavy atom. The molecule has 0 aliphatic carbocycles. The van der Waals surface area contributed by atoms with E-state index in [0.29, 0.717) is 12.6 Å². The van der Waals surface area contributed by atoms with Gasteiger partial charge >= 0.3 is 5.97 Å². The van der Waals surface area contributed by atoms with Gasteiger partial charge in [0.15, 0.2) is 0 Å². The molecule has 18 heavy (non-hydrogen) atoms. The van der Waals surface area contributed by atoms with Gasteiger partial charge in [-0.25, -0.2) is 0 Å². The van der Waals surface area contributed by atoms with Gasteiger partial charge in [-0.05, 0) is 31.4 Å². The van der Waals surface area contributed by atoms with Crippen molar-refractivity contribution in [2.45, 2.75) is 31.9 Å². The quantitative estimate of drug-likeness (QED) is 0.765. The fourth-order valence-corrected chi connectivity index (χ4v) is 3.11. The third-order valence-corrected chi connectivity index (χ3v) is 4.07. The van der Waals surface area contributed by atoms with Gasteiger partial charge < -0.3 is 4.74 Å². The number of hydrogen-bond acceptors (Lipinski definition) is 3. The Labute approximate surface area is 108 Å². The summed E-state index contributed by atoms with van der Waals surface area (Å²) in [5.74, 6) is 0.0762. The van der Waals surface area contributed by atoms with E-state index in [2.05, 4.69) is 4.90 Å². The highest BCUT2D eigenvalue weighted by Crippen LogP contribution is 2.31. The number of esters is 1. The number of rotatable bonds is 3. The van der Waals surface area contributed by atoms with Crippen LogP contribution in [0.15, 0.2) is 30.3 Å². The summed E-state index contributed by atoms with van der Waals surface area (Å²) in [5.41, 5.74) is 1.06. The van der Waals surface area contributed by atoms with Crippen molar-refractivity contribution in [3.8, 4) is 0 Å². The first kappa shape index (κ1) is 11.7. The molecule has 2 aliphatic heterocycles. The summed E-state index contributed by atoms with van der Waals surface area (Å²) in [6.45, 7) is 2.46. The molecule has 0 saturated carbocycles. The van der Waals surface area contributed by atoms with Crippen LogP contribution in [-0.4, -0.2) is 30.0 Å². The lowest BCUT2D eigenvalue weighted by atomic mass is 10.0. The van der Waals surface area contributed by atoms with E-state index in [0.717, 1.165) is 25.1 Å². The molecular weight excluding hydrogens is 226 g/mol. The number of benzene rings is 1. The first-order chi connectivity index (χ1) is 8.83. The van der Waals surface area contributed by atoms with Crippen molar-refractivity contribution in [3.63, 3.8) is 0 Å². The largest absolute Gasteiger partial charge is 0.461 e. The van der Waals surface area contributed by atoms with Gasteiger partial charge in [-0.3, -0.25) is 9.69 Å². The number of fused-ring (bicyclic) bond motifs is 1. The average Bonchev–Trinajstić information content (AvgIpc) is 2.98. The number of carbonyl (C=O) groups is 1. The van der Waals surface area contributed by atoms with Gasteiger partial charge in [0.05, 0.1) is 5.92 Å². The van der Waals surface area contributed by atoms with Gasteiger partial charge in [0.25, 0.3) is 0 Å². The fraction of sp³-hybridized carbons (Fsp3) is 0.533. The van der Waals surface area contributed by atoms with Gasteiger partial charge in [0.2, 0.25) is 0 Å². The molecule has 0 amide bonds. The Hall–Kier alpha value is -1.35. The van der Waals surface area contributed by atoms with Crippen LogP contribution >= 0.6 is 0 Å². The van der Waals surface area contributed by atoms with Crippen LogP contribution in [0.3, 0.4) is 0 Å². The minimum absolute atomic E-state index is 0.0201. The van der Waals surface area contributed by atoms with Crippen molar-refractivity contribution in [2.24, 2.45) is 5.92 Å². The molecule has 1 aromatic rings. The number of ether oxygens (including phenoxy) is 1. The predicted molar refractivity (Wildman–Crippen MR) is 68.9 cm³/mol. The van der Waals surface area contributed by atoms with Crippen molar-refractivity contribution in [1.82, 2.24) is 4.90 Å². The lowest BCUT2D eigenvalue weighted by Crippen LogP contribution is -2.24. The summed E-state index contributed by atoms with van der Waals surface area (Å²) in [6.07, 6.45) is 3.53. The lowest BCUT2D eigenvalue weighted by Gasteiger charge is -2.13. The van der Waals surface area contributed by atoms with Crippen molar-refractivity contribution in [1.29, 1.82) is 0 Å². The number of nitrogens with zero attached hydrogens (tertiary/aromatic N) is 1. The smallest absolute Gasteiger partial charge is 0.310 e. The van der Waals surface area contributed by atoms with Crippen LogP contribution in [0.5, 0.6) is 0 Å². The highest BCUT2D eigenvalue weighted by molar-refractivity contribution is 5.73. The second-order valence-corrected chi connectivity index (χ2v) is 5.32. The van der Waals surface area contributed by atoms with Crippen LogP contribution < -0.4 is 0 Å². The van der Waals surface area contributed by atoms with Gasteiger partial charge in [0, 0.05) is 12.6 Å². The van der Waals surface area contributed by atoms with E-state index in [1.807, 2.05) is 30.3 Å². The zero-order chi connectivity index (χ0) is 12.4. The monoisotopic (exact) mass is 245 g/mol. The van der Waals surface area contributed by atoms with Gasteiger partial charge in [-0.2, -0.15) is 0 Å². The average molecular weight is 245 g/mol. The Morgan fingerprint density at radius 1 is 1.33 bits per heavy atom. The zero-order valence-electron chi connectivity index (χ0n) is 10.5. The molecule has 3 heteroatoms. The normalized spacial score (nSPS) is 27.1. The van der Waals surface area contributed by atoms with E-state index in [-0.39, 0.29) is 11.9 Å². The van der Waals surface area contributed by atoms with Crippen LogP contribution in [-0.2, 0) is 16.1 Å². The molecule has 2 aliphatic rings. The van der Waals surface area contributed by atoms with Crippen LogP contribution in [0.25, 0.3) is 0 Å². The Kier molecular flexibility index (Phi) is 3.33. The van der Waals surface area contributed by atoms with E-state index >= 15 is 0 Å². The molecule has 1 aromatic carbocycles. The maximum Gasteiger partial charge on any atom is 0.310 e. The summed E-state index contributed by atoms with van der Waals surface area (Å²) in [6, 6.07) is 10.5. The van der Waals surface area contributed by atoms with E-state index in [1.54, 1.807) is 0 Å². The van der Waals surface area contributed by atoms with Gasteiger partial charge in [0.1, 0.15) is 6.61 Å². The van der Waals surface area contributed by atoms with Crippen LogP contribution in [0.1, 0.15) is 24.8 Å². The van der Waals surface area contributed by atoms with Crippen LogP contribution in [0.4, 0.5) is 0 Å². The standard InChI is InChI=1S/C15H19NO2/c17-15(18-11-12-5-2-1-3-6-12)13-9-14-7-4-8-16(14)10-13/h1-3,5-6,13-14H,4,7-11H2/t13?,14-/m0/s1. The third kappa shape index (κ3) is 2.41. The summed E-state index contributed by atoms with van der Waals surface area (Å²) in [5, 5.41) is 0. The first-order valence-electron chi connectivity index (χ1n) is 6.77. The van der Waals surface area contributed by atoms with Gasteiger partial charge in [-0.15, -0.1) is 0 Å². The number of carbonyl (C=O) groups excluding carboxylic acids is 1. The maximum absolute atomic E-state index is 12.0. The molecule has 2 fully saturated rings. The molecule has 0 spiro atoms. The van der Waals surface area contributed by atoms with Crippen molar-refractivity contribution < 1.29 is 9.53 Å². The Balaban J connectivity index is 1.50. The number of hydrogen-bond donors (Lipinski definition) is 0. The van der Waals surface area contributed by atoms with E-state index in [1.165, 1.54) is 12.8 Å². The molecule has 3 rings (SSSR count). The fourth-order valence-electron chi connectivity index (χ4n) is 3.11.